The topological polar surface area (TPSA) is 71.8 Å². The van der Waals surface area contributed by atoms with Crippen LogP contribution in [0.2, 0.25) is 0 Å². The maximum atomic E-state index is 12.7. The number of rotatable bonds is 5. The van der Waals surface area contributed by atoms with E-state index in [4.69, 9.17) is 4.74 Å². The van der Waals surface area contributed by atoms with Gasteiger partial charge in [0, 0.05) is 26.4 Å². The third-order valence-corrected chi connectivity index (χ3v) is 4.03. The number of carboxylic acids is 1. The van der Waals surface area contributed by atoms with Gasteiger partial charge in [-0.15, -0.1) is 0 Å². The van der Waals surface area contributed by atoms with Gasteiger partial charge in [-0.25, -0.2) is 4.79 Å². The molecule has 1 fully saturated rings. The Bertz CT molecular complexity index is 512. The first-order valence-electron chi connectivity index (χ1n) is 7.24. The van der Waals surface area contributed by atoms with E-state index < -0.39 is 12.0 Å². The number of amides is 1. The minimum Gasteiger partial charge on any atom is -0.480 e. The molecule has 1 aliphatic rings. The van der Waals surface area contributed by atoms with Gasteiger partial charge in [0.05, 0.1) is 6.61 Å². The second-order valence-electron chi connectivity index (χ2n) is 5.48. The van der Waals surface area contributed by atoms with Crippen LogP contribution in [0.4, 0.5) is 0 Å². The highest BCUT2D eigenvalue weighted by Gasteiger charge is 2.37. The van der Waals surface area contributed by atoms with Gasteiger partial charge >= 0.3 is 5.97 Å². The fourth-order valence-electron chi connectivity index (χ4n) is 2.93. The van der Waals surface area contributed by atoms with Gasteiger partial charge in [0.15, 0.2) is 0 Å². The number of hydrogen-bond donors (Lipinski definition) is 1. The average molecular weight is 294 g/mol. The molecule has 0 bridgehead atoms. The van der Waals surface area contributed by atoms with Crippen LogP contribution in [0.3, 0.4) is 0 Å². The lowest BCUT2D eigenvalue weighted by molar-refractivity contribution is -0.145. The molecule has 0 spiro atoms. The lowest BCUT2D eigenvalue weighted by Crippen LogP contribution is -2.52. The van der Waals surface area contributed by atoms with E-state index >= 15 is 0 Å². The summed E-state index contributed by atoms with van der Waals surface area (Å²) >= 11 is 0. The van der Waals surface area contributed by atoms with Crippen molar-refractivity contribution in [3.63, 3.8) is 0 Å². The highest BCUT2D eigenvalue weighted by molar-refractivity contribution is 5.95. The van der Waals surface area contributed by atoms with E-state index in [1.165, 1.54) is 4.90 Å². The normalized spacial score (nSPS) is 22.3. The molecule has 21 heavy (non-hydrogen) atoms. The predicted molar refractivity (Wildman–Crippen MR) is 77.2 cm³/mol. The van der Waals surface area contributed by atoms with E-state index in [0.29, 0.717) is 25.4 Å². The summed E-state index contributed by atoms with van der Waals surface area (Å²) < 4.78 is 6.84. The van der Waals surface area contributed by atoms with Gasteiger partial charge in [0.1, 0.15) is 11.7 Å². The number of carboxylic acid groups (broad SMARTS) is 1. The zero-order valence-corrected chi connectivity index (χ0v) is 12.5. The molecule has 2 unspecified atom stereocenters. The summed E-state index contributed by atoms with van der Waals surface area (Å²) in [5.41, 5.74) is 0.521. The molecule has 0 saturated carbocycles. The van der Waals surface area contributed by atoms with Crippen molar-refractivity contribution in [1.82, 2.24) is 9.47 Å². The van der Waals surface area contributed by atoms with E-state index in [1.807, 2.05) is 17.7 Å². The molecule has 1 saturated heterocycles. The molecular formula is C15H22N2O4. The van der Waals surface area contributed by atoms with Crippen LogP contribution in [-0.4, -0.2) is 52.8 Å². The first-order valence-corrected chi connectivity index (χ1v) is 7.24. The van der Waals surface area contributed by atoms with Crippen molar-refractivity contribution in [1.29, 1.82) is 0 Å². The van der Waals surface area contributed by atoms with Crippen LogP contribution in [0.5, 0.6) is 0 Å². The Morgan fingerprint density at radius 2 is 2.24 bits per heavy atom. The van der Waals surface area contributed by atoms with Gasteiger partial charge in [0.2, 0.25) is 0 Å². The summed E-state index contributed by atoms with van der Waals surface area (Å²) in [6, 6.07) is 2.79. The predicted octanol–water partition coefficient (Wildman–Crippen LogP) is 1.46. The number of likely N-dealkylation sites (tertiary alicyclic amines) is 1. The number of hydrogen-bond acceptors (Lipinski definition) is 3. The van der Waals surface area contributed by atoms with Gasteiger partial charge in [-0.05, 0) is 30.9 Å². The standard InChI is InChI=1S/C15H22N2O4/c1-11-5-3-8-17(13(11)15(19)20)14(18)12-6-4-7-16(12)9-10-21-2/h4,6-7,11,13H,3,5,8-10H2,1-2H3,(H,19,20). The third-order valence-electron chi connectivity index (χ3n) is 4.03. The minimum absolute atomic E-state index is 0.0254. The Kier molecular flexibility index (Phi) is 5.01. The van der Waals surface area contributed by atoms with Gasteiger partial charge in [0.25, 0.3) is 5.91 Å². The smallest absolute Gasteiger partial charge is 0.326 e. The summed E-state index contributed by atoms with van der Waals surface area (Å²) in [4.78, 5) is 25.7. The van der Waals surface area contributed by atoms with Crippen LogP contribution < -0.4 is 0 Å². The van der Waals surface area contributed by atoms with Gasteiger partial charge in [-0.3, -0.25) is 4.79 Å². The molecule has 2 rings (SSSR count). The van der Waals surface area contributed by atoms with Crippen molar-refractivity contribution in [3.8, 4) is 0 Å². The number of aromatic nitrogens is 1. The summed E-state index contributed by atoms with van der Waals surface area (Å²) in [6.45, 7) is 3.47. The Morgan fingerprint density at radius 3 is 2.90 bits per heavy atom. The number of nitrogens with zero attached hydrogens (tertiary/aromatic N) is 2. The number of carbonyl (C=O) groups excluding carboxylic acids is 1. The van der Waals surface area contributed by atoms with Crippen LogP contribution in [0.15, 0.2) is 18.3 Å². The summed E-state index contributed by atoms with van der Waals surface area (Å²) in [7, 11) is 1.61. The van der Waals surface area contributed by atoms with E-state index in [9.17, 15) is 14.7 Å². The Balaban J connectivity index is 2.21. The van der Waals surface area contributed by atoms with Gasteiger partial charge in [-0.2, -0.15) is 0 Å². The average Bonchev–Trinajstić information content (AvgIpc) is 2.91. The van der Waals surface area contributed by atoms with Crippen LogP contribution in [0.25, 0.3) is 0 Å². The van der Waals surface area contributed by atoms with Gasteiger partial charge in [-0.1, -0.05) is 6.92 Å². The SMILES string of the molecule is COCCn1cccc1C(=O)N1CCCC(C)C1C(=O)O. The molecule has 6 nitrogen and oxygen atoms in total. The van der Waals surface area contributed by atoms with Gasteiger partial charge < -0.3 is 19.3 Å². The molecule has 1 aromatic heterocycles. The molecular weight excluding hydrogens is 272 g/mol. The van der Waals surface area contributed by atoms with Crippen LogP contribution in [0, 0.1) is 5.92 Å². The lowest BCUT2D eigenvalue weighted by Gasteiger charge is -2.37. The maximum absolute atomic E-state index is 12.7. The Hall–Kier alpha value is -1.82. The van der Waals surface area contributed by atoms with Crippen LogP contribution in [0.1, 0.15) is 30.3 Å². The van der Waals surface area contributed by atoms with E-state index in [2.05, 4.69) is 0 Å². The molecule has 1 aliphatic heterocycles. The fraction of sp³-hybridized carbons (Fsp3) is 0.600. The van der Waals surface area contributed by atoms with Crippen molar-refractivity contribution < 1.29 is 19.4 Å². The molecule has 0 radical (unpaired) electrons. The first-order chi connectivity index (χ1) is 10.1. The molecule has 0 aromatic carbocycles. The molecule has 2 atom stereocenters. The molecule has 1 amide bonds. The van der Waals surface area contributed by atoms with E-state index in [-0.39, 0.29) is 11.8 Å². The number of piperidine rings is 1. The Labute approximate surface area is 124 Å². The van der Waals surface area contributed by atoms with Crippen LogP contribution in [-0.2, 0) is 16.1 Å². The number of aliphatic carboxylic acids is 1. The zero-order valence-electron chi connectivity index (χ0n) is 12.5. The highest BCUT2D eigenvalue weighted by atomic mass is 16.5. The largest absolute Gasteiger partial charge is 0.480 e. The molecule has 1 N–H and O–H groups in total. The Morgan fingerprint density at radius 1 is 1.48 bits per heavy atom. The maximum Gasteiger partial charge on any atom is 0.326 e. The van der Waals surface area contributed by atoms with E-state index in [1.54, 1.807) is 19.2 Å². The minimum atomic E-state index is -0.925. The second-order valence-corrected chi connectivity index (χ2v) is 5.48. The summed E-state index contributed by atoms with van der Waals surface area (Å²) in [6.07, 6.45) is 3.50. The second kappa shape index (κ2) is 6.76. The molecule has 2 heterocycles. The summed E-state index contributed by atoms with van der Waals surface area (Å²) in [5.74, 6) is -1.16. The van der Waals surface area contributed by atoms with Crippen molar-refractivity contribution in [2.45, 2.75) is 32.4 Å². The zero-order chi connectivity index (χ0) is 15.4. The summed E-state index contributed by atoms with van der Waals surface area (Å²) in [5, 5.41) is 9.42. The molecule has 0 aliphatic carbocycles. The number of ether oxygens (including phenoxy) is 1. The van der Waals surface area contributed by atoms with Crippen LogP contribution >= 0.6 is 0 Å². The molecule has 6 heteroatoms. The quantitative estimate of drug-likeness (QED) is 0.892. The first kappa shape index (κ1) is 15.6. The van der Waals surface area contributed by atoms with Crippen molar-refractivity contribution in [2.75, 3.05) is 20.3 Å². The molecule has 1 aromatic rings. The van der Waals surface area contributed by atoms with E-state index in [0.717, 1.165) is 12.8 Å². The van der Waals surface area contributed by atoms with Crippen molar-refractivity contribution in [2.24, 2.45) is 5.92 Å². The number of carbonyl (C=O) groups is 2. The third kappa shape index (κ3) is 3.26. The fourth-order valence-corrected chi connectivity index (χ4v) is 2.93. The van der Waals surface area contributed by atoms with Crippen molar-refractivity contribution >= 4 is 11.9 Å². The molecule has 116 valence electrons. The van der Waals surface area contributed by atoms with Crippen molar-refractivity contribution in [3.05, 3.63) is 24.0 Å². The highest BCUT2D eigenvalue weighted by Crippen LogP contribution is 2.25. The number of methoxy groups -OCH3 is 1. The monoisotopic (exact) mass is 294 g/mol. The lowest BCUT2D eigenvalue weighted by atomic mass is 9.90.